The van der Waals surface area contributed by atoms with Crippen LogP contribution in [0.3, 0.4) is 0 Å². The van der Waals surface area contributed by atoms with Crippen LogP contribution in [0.1, 0.15) is 44.6 Å². The Hall–Kier alpha value is -0.540. The summed E-state index contributed by atoms with van der Waals surface area (Å²) in [6, 6.07) is 7.06. The van der Waals surface area contributed by atoms with Crippen molar-refractivity contribution in [3.63, 3.8) is 0 Å². The molecule has 100 valence electrons. The highest BCUT2D eigenvalue weighted by molar-refractivity contribution is 9.10. The summed E-state index contributed by atoms with van der Waals surface area (Å²) in [6.07, 6.45) is 3.78. The molecular weight excluding hydrogens is 290 g/mol. The van der Waals surface area contributed by atoms with E-state index < -0.39 is 0 Å². The zero-order valence-corrected chi connectivity index (χ0v) is 12.8. The van der Waals surface area contributed by atoms with Crippen molar-refractivity contribution in [2.75, 3.05) is 13.2 Å². The fourth-order valence-electron chi connectivity index (χ4n) is 1.95. The van der Waals surface area contributed by atoms with Crippen molar-refractivity contribution < 1.29 is 4.74 Å². The molecule has 0 spiro atoms. The van der Waals surface area contributed by atoms with Gasteiger partial charge in [-0.2, -0.15) is 0 Å². The van der Waals surface area contributed by atoms with Crippen LogP contribution in [0, 0.1) is 0 Å². The Kier molecular flexibility index (Phi) is 5.07. The van der Waals surface area contributed by atoms with E-state index in [1.807, 2.05) is 6.07 Å². The zero-order valence-electron chi connectivity index (χ0n) is 11.2. The van der Waals surface area contributed by atoms with Gasteiger partial charge in [-0.3, -0.25) is 0 Å². The third-order valence-corrected chi connectivity index (χ3v) is 3.68. The molecule has 0 bridgehead atoms. The minimum absolute atomic E-state index is 0.488. The second kappa shape index (κ2) is 6.58. The SMILES string of the molecule is CC(C)c1cc(Br)ccc1OCCCNC1CC1. The van der Waals surface area contributed by atoms with Gasteiger partial charge in [0.15, 0.2) is 0 Å². The Balaban J connectivity index is 1.79. The highest BCUT2D eigenvalue weighted by Crippen LogP contribution is 2.29. The third kappa shape index (κ3) is 4.29. The molecule has 2 nitrogen and oxygen atoms in total. The molecule has 0 aromatic heterocycles. The van der Waals surface area contributed by atoms with Gasteiger partial charge in [0.25, 0.3) is 0 Å². The number of hydrogen-bond donors (Lipinski definition) is 1. The van der Waals surface area contributed by atoms with Crippen LogP contribution < -0.4 is 10.1 Å². The maximum atomic E-state index is 5.89. The first-order valence-corrected chi connectivity index (χ1v) is 7.61. The van der Waals surface area contributed by atoms with Crippen molar-refractivity contribution in [3.8, 4) is 5.75 Å². The van der Waals surface area contributed by atoms with Crippen LogP contribution in [0.2, 0.25) is 0 Å². The van der Waals surface area contributed by atoms with Crippen LogP contribution >= 0.6 is 15.9 Å². The molecule has 1 aliphatic rings. The quantitative estimate of drug-likeness (QED) is 0.766. The van der Waals surface area contributed by atoms with Gasteiger partial charge in [0.2, 0.25) is 0 Å². The van der Waals surface area contributed by atoms with Gasteiger partial charge >= 0.3 is 0 Å². The van der Waals surface area contributed by atoms with Crippen LogP contribution in [0.15, 0.2) is 22.7 Å². The van der Waals surface area contributed by atoms with Crippen molar-refractivity contribution in [2.45, 2.75) is 45.1 Å². The molecule has 3 heteroatoms. The number of ether oxygens (including phenoxy) is 1. The van der Waals surface area contributed by atoms with Gasteiger partial charge in [-0.05, 0) is 55.5 Å². The molecule has 2 rings (SSSR count). The molecule has 0 atom stereocenters. The molecule has 1 aromatic rings. The second-order valence-corrected chi connectivity index (χ2v) is 6.18. The van der Waals surface area contributed by atoms with E-state index in [-0.39, 0.29) is 0 Å². The Morgan fingerprint density at radius 2 is 2.17 bits per heavy atom. The molecule has 1 aliphatic carbocycles. The van der Waals surface area contributed by atoms with Crippen molar-refractivity contribution in [1.29, 1.82) is 0 Å². The lowest BCUT2D eigenvalue weighted by atomic mass is 10.0. The van der Waals surface area contributed by atoms with Crippen molar-refractivity contribution in [1.82, 2.24) is 5.32 Å². The molecule has 0 saturated heterocycles. The molecule has 0 radical (unpaired) electrons. The summed E-state index contributed by atoms with van der Waals surface area (Å²) in [5, 5.41) is 3.50. The lowest BCUT2D eigenvalue weighted by molar-refractivity contribution is 0.304. The van der Waals surface area contributed by atoms with Crippen LogP contribution in [0.5, 0.6) is 5.75 Å². The van der Waals surface area contributed by atoms with Crippen LogP contribution in [0.4, 0.5) is 0 Å². The van der Waals surface area contributed by atoms with Crippen LogP contribution in [-0.4, -0.2) is 19.2 Å². The van der Waals surface area contributed by atoms with E-state index in [2.05, 4.69) is 47.2 Å². The lowest BCUT2D eigenvalue weighted by Crippen LogP contribution is -2.19. The van der Waals surface area contributed by atoms with Gasteiger partial charge in [-0.25, -0.2) is 0 Å². The van der Waals surface area contributed by atoms with Crippen molar-refractivity contribution >= 4 is 15.9 Å². The number of benzene rings is 1. The third-order valence-electron chi connectivity index (χ3n) is 3.18. The highest BCUT2D eigenvalue weighted by atomic mass is 79.9. The van der Waals surface area contributed by atoms with E-state index in [0.717, 1.165) is 35.8 Å². The summed E-state index contributed by atoms with van der Waals surface area (Å²) in [4.78, 5) is 0. The van der Waals surface area contributed by atoms with E-state index >= 15 is 0 Å². The molecule has 0 aliphatic heterocycles. The molecule has 0 unspecified atom stereocenters. The Morgan fingerprint density at radius 1 is 1.39 bits per heavy atom. The van der Waals surface area contributed by atoms with E-state index in [1.54, 1.807) is 0 Å². The van der Waals surface area contributed by atoms with Gasteiger partial charge in [-0.15, -0.1) is 0 Å². The van der Waals surface area contributed by atoms with Gasteiger partial charge in [0.05, 0.1) is 6.61 Å². The molecule has 18 heavy (non-hydrogen) atoms. The fraction of sp³-hybridized carbons (Fsp3) is 0.600. The predicted octanol–water partition coefficient (Wildman–Crippen LogP) is 4.09. The molecule has 1 aromatic carbocycles. The van der Waals surface area contributed by atoms with Crippen LogP contribution in [-0.2, 0) is 0 Å². The summed E-state index contributed by atoms with van der Waals surface area (Å²) in [6.45, 7) is 6.26. The highest BCUT2D eigenvalue weighted by Gasteiger charge is 2.19. The van der Waals surface area contributed by atoms with Crippen molar-refractivity contribution in [2.24, 2.45) is 0 Å². The monoisotopic (exact) mass is 311 g/mol. The molecule has 1 fully saturated rings. The topological polar surface area (TPSA) is 21.3 Å². The van der Waals surface area contributed by atoms with E-state index in [0.29, 0.717) is 5.92 Å². The van der Waals surface area contributed by atoms with E-state index in [9.17, 15) is 0 Å². The first-order valence-electron chi connectivity index (χ1n) is 6.82. The predicted molar refractivity (Wildman–Crippen MR) is 79.4 cm³/mol. The normalized spacial score (nSPS) is 15.1. The standard InChI is InChI=1S/C15H22BrNO/c1-11(2)14-10-12(16)4-7-15(14)18-9-3-8-17-13-5-6-13/h4,7,10-11,13,17H,3,5-6,8-9H2,1-2H3. The molecule has 1 saturated carbocycles. The molecular formula is C15H22BrNO. The first-order chi connectivity index (χ1) is 8.66. The minimum atomic E-state index is 0.488. The average Bonchev–Trinajstić information content (AvgIpc) is 3.14. The minimum Gasteiger partial charge on any atom is -0.493 e. The van der Waals surface area contributed by atoms with Crippen LogP contribution in [0.25, 0.3) is 0 Å². The largest absolute Gasteiger partial charge is 0.493 e. The number of rotatable bonds is 7. The Labute approximate surface area is 118 Å². The lowest BCUT2D eigenvalue weighted by Gasteiger charge is -2.14. The van der Waals surface area contributed by atoms with E-state index in [1.165, 1.54) is 18.4 Å². The smallest absolute Gasteiger partial charge is 0.122 e. The van der Waals surface area contributed by atoms with Crippen molar-refractivity contribution in [3.05, 3.63) is 28.2 Å². The number of hydrogen-bond acceptors (Lipinski definition) is 2. The second-order valence-electron chi connectivity index (χ2n) is 5.27. The fourth-order valence-corrected chi connectivity index (χ4v) is 2.33. The van der Waals surface area contributed by atoms with Gasteiger partial charge in [0.1, 0.15) is 5.75 Å². The van der Waals surface area contributed by atoms with Gasteiger partial charge in [-0.1, -0.05) is 29.8 Å². The molecule has 0 amide bonds. The number of nitrogens with one attached hydrogen (secondary N) is 1. The summed E-state index contributed by atoms with van der Waals surface area (Å²) in [5.74, 6) is 1.52. The Bertz CT molecular complexity index is 388. The zero-order chi connectivity index (χ0) is 13.0. The van der Waals surface area contributed by atoms with Gasteiger partial charge < -0.3 is 10.1 Å². The number of halogens is 1. The molecule has 0 heterocycles. The maximum Gasteiger partial charge on any atom is 0.122 e. The summed E-state index contributed by atoms with van der Waals surface area (Å²) in [5.41, 5.74) is 1.28. The summed E-state index contributed by atoms with van der Waals surface area (Å²) in [7, 11) is 0. The molecule has 1 N–H and O–H groups in total. The first kappa shape index (κ1) is 13.9. The summed E-state index contributed by atoms with van der Waals surface area (Å²) < 4.78 is 7.01. The summed E-state index contributed by atoms with van der Waals surface area (Å²) >= 11 is 3.51. The van der Waals surface area contributed by atoms with Gasteiger partial charge in [0, 0.05) is 10.5 Å². The maximum absolute atomic E-state index is 5.89. The average molecular weight is 312 g/mol. The Morgan fingerprint density at radius 3 is 2.83 bits per heavy atom. The van der Waals surface area contributed by atoms with E-state index in [4.69, 9.17) is 4.74 Å².